The SMILES string of the molecule is [B]c1cc(F)cc2c1OC(C(F)(F)F)C(C(=O)O)=C2. The Labute approximate surface area is 105 Å². The van der Waals surface area contributed by atoms with Crippen molar-refractivity contribution in [3.05, 3.63) is 29.1 Å². The molecule has 2 rings (SSSR count). The molecule has 0 aliphatic carbocycles. The predicted octanol–water partition coefficient (Wildman–Crippen LogP) is 1.41. The maximum atomic E-state index is 13.1. The zero-order valence-corrected chi connectivity index (χ0v) is 9.16. The van der Waals surface area contributed by atoms with Crippen molar-refractivity contribution >= 4 is 25.4 Å². The maximum Gasteiger partial charge on any atom is 0.430 e. The molecule has 0 spiro atoms. The number of aliphatic carboxylic acids is 1. The van der Waals surface area contributed by atoms with Gasteiger partial charge in [-0.05, 0) is 18.2 Å². The summed E-state index contributed by atoms with van der Waals surface area (Å²) in [6.45, 7) is 0. The molecule has 1 aromatic rings. The monoisotopic (exact) mass is 272 g/mol. The highest BCUT2D eigenvalue weighted by Gasteiger charge is 2.48. The number of carboxylic acids is 1. The second kappa shape index (κ2) is 4.29. The van der Waals surface area contributed by atoms with E-state index < -0.39 is 29.6 Å². The number of ether oxygens (including phenoxy) is 1. The molecule has 1 atom stereocenters. The number of carbonyl (C=O) groups is 1. The molecule has 1 aromatic carbocycles. The molecule has 2 radical (unpaired) electrons. The average Bonchev–Trinajstić information content (AvgIpc) is 2.25. The minimum atomic E-state index is -4.91. The lowest BCUT2D eigenvalue weighted by Crippen LogP contribution is -2.41. The fourth-order valence-electron chi connectivity index (χ4n) is 1.72. The van der Waals surface area contributed by atoms with Crippen LogP contribution in [0.15, 0.2) is 17.7 Å². The molecule has 0 bridgehead atoms. The van der Waals surface area contributed by atoms with Crippen molar-refractivity contribution in [2.75, 3.05) is 0 Å². The Kier molecular flexibility index (Phi) is 3.04. The molecule has 1 unspecified atom stereocenters. The number of rotatable bonds is 1. The minimum Gasteiger partial charge on any atom is -0.478 e. The first-order chi connectivity index (χ1) is 8.70. The Morgan fingerprint density at radius 3 is 2.53 bits per heavy atom. The van der Waals surface area contributed by atoms with Crippen LogP contribution in [0.2, 0.25) is 0 Å². The summed E-state index contributed by atoms with van der Waals surface area (Å²) in [7, 11) is 5.36. The van der Waals surface area contributed by atoms with E-state index in [0.29, 0.717) is 6.08 Å². The quantitative estimate of drug-likeness (QED) is 0.621. The molecule has 1 N–H and O–H groups in total. The van der Waals surface area contributed by atoms with E-state index in [1.165, 1.54) is 0 Å². The van der Waals surface area contributed by atoms with Crippen LogP contribution < -0.4 is 10.2 Å². The van der Waals surface area contributed by atoms with Crippen molar-refractivity contribution in [3.63, 3.8) is 0 Å². The molecule has 1 aliphatic rings. The Bertz CT molecular complexity index is 580. The predicted molar refractivity (Wildman–Crippen MR) is 57.9 cm³/mol. The van der Waals surface area contributed by atoms with Gasteiger partial charge in [0.2, 0.25) is 6.10 Å². The molecule has 0 saturated carbocycles. The molecule has 0 fully saturated rings. The van der Waals surface area contributed by atoms with Gasteiger partial charge in [0, 0.05) is 5.56 Å². The highest BCUT2D eigenvalue weighted by molar-refractivity contribution is 6.34. The zero-order valence-electron chi connectivity index (χ0n) is 9.16. The van der Waals surface area contributed by atoms with E-state index in [1.54, 1.807) is 0 Å². The third kappa shape index (κ3) is 2.43. The molecular formula is C11H5BF4O3. The number of benzene rings is 1. The standard InChI is InChI=1S/C11H5BF4O3/c12-7-3-5(13)1-4-2-6(10(17)18)9(11(14,15)16)19-8(4)7/h1-3,9H,(H,17,18). The van der Waals surface area contributed by atoms with Crippen molar-refractivity contribution in [2.24, 2.45) is 0 Å². The van der Waals surface area contributed by atoms with Gasteiger partial charge >= 0.3 is 12.1 Å². The smallest absolute Gasteiger partial charge is 0.430 e. The molecule has 98 valence electrons. The first-order valence-electron chi connectivity index (χ1n) is 4.97. The average molecular weight is 272 g/mol. The van der Waals surface area contributed by atoms with E-state index in [0.717, 1.165) is 12.1 Å². The number of alkyl halides is 3. The summed E-state index contributed by atoms with van der Waals surface area (Å²) in [5.41, 5.74) is -1.50. The lowest BCUT2D eigenvalue weighted by atomic mass is 9.89. The van der Waals surface area contributed by atoms with Gasteiger partial charge in [0.1, 0.15) is 19.4 Å². The maximum absolute atomic E-state index is 13.1. The van der Waals surface area contributed by atoms with Crippen LogP contribution >= 0.6 is 0 Å². The van der Waals surface area contributed by atoms with Crippen LogP contribution in [0.1, 0.15) is 5.56 Å². The molecule has 1 aliphatic heterocycles. The number of hydrogen-bond donors (Lipinski definition) is 1. The number of carboxylic acid groups (broad SMARTS) is 1. The fraction of sp³-hybridized carbons (Fsp3) is 0.182. The van der Waals surface area contributed by atoms with Gasteiger partial charge in [0.25, 0.3) is 0 Å². The summed E-state index contributed by atoms with van der Waals surface area (Å²) in [6, 6.07) is 1.65. The van der Waals surface area contributed by atoms with Gasteiger partial charge < -0.3 is 9.84 Å². The molecular weight excluding hydrogens is 267 g/mol. The third-order valence-electron chi connectivity index (χ3n) is 2.48. The Morgan fingerprint density at radius 1 is 1.37 bits per heavy atom. The van der Waals surface area contributed by atoms with Gasteiger partial charge in [-0.25, -0.2) is 9.18 Å². The Hall–Kier alpha value is -1.99. The van der Waals surface area contributed by atoms with Crippen molar-refractivity contribution in [2.45, 2.75) is 12.3 Å². The van der Waals surface area contributed by atoms with Crippen LogP contribution in [0.5, 0.6) is 5.75 Å². The van der Waals surface area contributed by atoms with E-state index in [-0.39, 0.29) is 16.8 Å². The summed E-state index contributed by atoms with van der Waals surface area (Å²) in [4.78, 5) is 10.8. The summed E-state index contributed by atoms with van der Waals surface area (Å²) in [5, 5.41) is 8.76. The molecule has 0 amide bonds. The van der Waals surface area contributed by atoms with Crippen LogP contribution in [0.3, 0.4) is 0 Å². The lowest BCUT2D eigenvalue weighted by molar-refractivity contribution is -0.187. The van der Waals surface area contributed by atoms with Crippen molar-refractivity contribution < 1.29 is 32.2 Å². The van der Waals surface area contributed by atoms with Gasteiger partial charge in [0.15, 0.2) is 0 Å². The highest BCUT2D eigenvalue weighted by atomic mass is 19.4. The van der Waals surface area contributed by atoms with E-state index in [9.17, 15) is 22.4 Å². The topological polar surface area (TPSA) is 46.5 Å². The van der Waals surface area contributed by atoms with E-state index in [1.807, 2.05) is 0 Å². The first kappa shape index (κ1) is 13.4. The third-order valence-corrected chi connectivity index (χ3v) is 2.48. The lowest BCUT2D eigenvalue weighted by Gasteiger charge is -2.28. The second-order valence-electron chi connectivity index (χ2n) is 3.86. The molecule has 19 heavy (non-hydrogen) atoms. The van der Waals surface area contributed by atoms with Crippen LogP contribution in [-0.2, 0) is 4.79 Å². The van der Waals surface area contributed by atoms with Gasteiger partial charge in [-0.3, -0.25) is 0 Å². The number of halogens is 4. The van der Waals surface area contributed by atoms with Crippen LogP contribution in [0, 0.1) is 5.82 Å². The van der Waals surface area contributed by atoms with Gasteiger partial charge in [-0.15, -0.1) is 0 Å². The molecule has 1 heterocycles. The summed E-state index contributed by atoms with van der Waals surface area (Å²) >= 11 is 0. The molecule has 8 heteroatoms. The molecule has 3 nitrogen and oxygen atoms in total. The number of hydrogen-bond acceptors (Lipinski definition) is 2. The normalized spacial score (nSPS) is 18.3. The van der Waals surface area contributed by atoms with Crippen LogP contribution in [0.25, 0.3) is 6.08 Å². The van der Waals surface area contributed by atoms with Gasteiger partial charge in [0.05, 0.1) is 5.57 Å². The molecule has 0 saturated heterocycles. The van der Waals surface area contributed by atoms with Crippen molar-refractivity contribution in [1.29, 1.82) is 0 Å². The van der Waals surface area contributed by atoms with Crippen LogP contribution in [-0.4, -0.2) is 31.2 Å². The zero-order chi connectivity index (χ0) is 14.4. The van der Waals surface area contributed by atoms with Crippen molar-refractivity contribution in [1.82, 2.24) is 0 Å². The summed E-state index contributed by atoms with van der Waals surface area (Å²) in [6.07, 6.45) is -6.84. The highest BCUT2D eigenvalue weighted by Crippen LogP contribution is 2.36. The minimum absolute atomic E-state index is 0.143. The van der Waals surface area contributed by atoms with E-state index >= 15 is 0 Å². The number of fused-ring (bicyclic) bond motifs is 1. The van der Waals surface area contributed by atoms with E-state index in [4.69, 9.17) is 13.0 Å². The Morgan fingerprint density at radius 2 is 2.00 bits per heavy atom. The fourth-order valence-corrected chi connectivity index (χ4v) is 1.72. The van der Waals surface area contributed by atoms with E-state index in [2.05, 4.69) is 4.74 Å². The molecule has 0 aromatic heterocycles. The largest absolute Gasteiger partial charge is 0.478 e. The first-order valence-corrected chi connectivity index (χ1v) is 4.97. The van der Waals surface area contributed by atoms with Crippen molar-refractivity contribution in [3.8, 4) is 5.75 Å². The summed E-state index contributed by atoms with van der Waals surface area (Å²) < 4.78 is 55.8. The van der Waals surface area contributed by atoms with Gasteiger partial charge in [-0.1, -0.05) is 5.46 Å². The van der Waals surface area contributed by atoms with Crippen LogP contribution in [0.4, 0.5) is 17.6 Å². The van der Waals surface area contributed by atoms with Gasteiger partial charge in [-0.2, -0.15) is 13.2 Å². The summed E-state index contributed by atoms with van der Waals surface area (Å²) in [5.74, 6) is -2.98. The Balaban J connectivity index is 2.61. The second-order valence-corrected chi connectivity index (χ2v) is 3.86.